The molecule has 58 heavy (non-hydrogen) atoms. The van der Waals surface area contributed by atoms with Crippen molar-refractivity contribution in [3.63, 3.8) is 0 Å². The number of alkyl carbamates (subject to hydrolysis) is 1. The molecule has 318 valence electrons. The van der Waals surface area contributed by atoms with E-state index in [0.717, 1.165) is 36.2 Å². The fourth-order valence-corrected chi connectivity index (χ4v) is 11.9. The summed E-state index contributed by atoms with van der Waals surface area (Å²) >= 11 is 1.63. The van der Waals surface area contributed by atoms with Gasteiger partial charge in [-0.05, 0) is 69.9 Å². The third kappa shape index (κ3) is 9.16. The Morgan fingerprint density at radius 3 is 2.50 bits per heavy atom. The van der Waals surface area contributed by atoms with E-state index in [1.807, 2.05) is 52.0 Å². The molecule has 2 aliphatic carbocycles. The molecule has 2 aliphatic heterocycles. The molecule has 14 nitrogen and oxygen atoms in total. The number of aromatic nitrogens is 1. The molecular formula is C42H61N6O8PS. The zero-order chi connectivity index (χ0) is 42.2. The molecule has 3 heterocycles. The molecule has 1 aromatic heterocycles. The third-order valence-electron chi connectivity index (χ3n) is 11.9. The molecular weight excluding hydrogens is 780 g/mol. The summed E-state index contributed by atoms with van der Waals surface area (Å²) in [6.07, 6.45) is 4.34. The minimum Gasteiger partial charge on any atom is -0.497 e. The number of likely N-dealkylation sites (tertiary alicyclic amines) is 1. The lowest BCUT2D eigenvalue weighted by Crippen LogP contribution is -2.58. The van der Waals surface area contributed by atoms with Gasteiger partial charge in [0.1, 0.15) is 47.1 Å². The third-order valence-corrected chi connectivity index (χ3v) is 16.2. The summed E-state index contributed by atoms with van der Waals surface area (Å²) < 4.78 is 32.1. The Hall–Kier alpha value is -3.81. The van der Waals surface area contributed by atoms with Crippen LogP contribution in [-0.4, -0.2) is 98.5 Å². The highest BCUT2D eigenvalue weighted by Crippen LogP contribution is 2.72. The normalized spacial score (nSPS) is 26.7. The number of fused-ring (bicyclic) bond motifs is 1. The van der Waals surface area contributed by atoms with E-state index in [4.69, 9.17) is 24.2 Å². The first-order valence-electron chi connectivity index (χ1n) is 20.6. The van der Waals surface area contributed by atoms with Gasteiger partial charge in [0, 0.05) is 47.3 Å². The summed E-state index contributed by atoms with van der Waals surface area (Å²) in [6.45, 7) is 17.1. The van der Waals surface area contributed by atoms with E-state index in [1.54, 1.807) is 31.9 Å². The second-order valence-electron chi connectivity index (χ2n) is 17.6. The van der Waals surface area contributed by atoms with Crippen molar-refractivity contribution in [3.8, 4) is 11.5 Å². The Morgan fingerprint density at radius 2 is 1.88 bits per heavy atom. The zero-order valence-electron chi connectivity index (χ0n) is 35.1. The van der Waals surface area contributed by atoms with Gasteiger partial charge in [-0.3, -0.25) is 24.1 Å². The number of pyridine rings is 1. The largest absolute Gasteiger partial charge is 0.497 e. The molecule has 3 unspecified atom stereocenters. The Balaban J connectivity index is 1.34. The van der Waals surface area contributed by atoms with E-state index in [9.17, 15) is 23.8 Å². The highest BCUT2D eigenvalue weighted by atomic mass is 32.2. The van der Waals surface area contributed by atoms with Crippen molar-refractivity contribution in [3.05, 3.63) is 42.6 Å². The van der Waals surface area contributed by atoms with Gasteiger partial charge in [-0.2, -0.15) is 0 Å². The van der Waals surface area contributed by atoms with Crippen LogP contribution in [0.5, 0.6) is 11.5 Å². The van der Waals surface area contributed by atoms with Gasteiger partial charge in [-0.1, -0.05) is 52.5 Å². The number of amides is 3. The minimum absolute atomic E-state index is 0.0120. The number of hydrogen-bond acceptors (Lipinski definition) is 11. The van der Waals surface area contributed by atoms with Crippen molar-refractivity contribution in [2.45, 2.75) is 141 Å². The Kier molecular flexibility index (Phi) is 13.1. The molecule has 0 bridgehead atoms. The number of aliphatic imine (C=N–C) groups is 1. The number of benzene rings is 1. The molecule has 1 aromatic carbocycles. The summed E-state index contributed by atoms with van der Waals surface area (Å²) in [4.78, 5) is 65.5. The lowest BCUT2D eigenvalue weighted by Gasteiger charge is -2.36. The number of rotatable bonds is 14. The lowest BCUT2D eigenvalue weighted by molar-refractivity contribution is -0.142. The summed E-state index contributed by atoms with van der Waals surface area (Å²) in [6, 6.07) is 5.26. The number of carbonyl (C=O) groups is 3. The van der Waals surface area contributed by atoms with Crippen molar-refractivity contribution >= 4 is 53.1 Å². The Labute approximate surface area is 346 Å². The molecule has 0 spiro atoms. The maximum atomic E-state index is 14.8. The van der Waals surface area contributed by atoms with E-state index in [0.29, 0.717) is 34.9 Å². The number of carbonyl (C=O) groups excluding carboxylic acids is 3. The van der Waals surface area contributed by atoms with Crippen molar-refractivity contribution in [2.24, 2.45) is 16.3 Å². The van der Waals surface area contributed by atoms with Gasteiger partial charge in [0.05, 0.1) is 24.9 Å². The fourth-order valence-electron chi connectivity index (χ4n) is 8.20. The number of methoxy groups -OCH3 is 1. The van der Waals surface area contributed by atoms with Crippen LogP contribution in [0, 0.1) is 11.3 Å². The number of nitrogens with zero attached hydrogens (tertiary/aromatic N) is 3. The van der Waals surface area contributed by atoms with E-state index < -0.39 is 65.7 Å². The van der Waals surface area contributed by atoms with E-state index >= 15 is 0 Å². The molecule has 16 heteroatoms. The molecule has 2 aromatic rings. The number of ether oxygens (including phenoxy) is 3. The summed E-state index contributed by atoms with van der Waals surface area (Å²) in [5.41, 5.74) is 0.0117. The van der Waals surface area contributed by atoms with Crippen molar-refractivity contribution in [1.29, 1.82) is 0 Å². The molecule has 4 N–H and O–H groups in total. The molecule has 1 saturated heterocycles. The molecule has 3 amide bonds. The van der Waals surface area contributed by atoms with Crippen LogP contribution in [0.25, 0.3) is 10.9 Å². The number of amidine groups is 1. The van der Waals surface area contributed by atoms with Gasteiger partial charge < -0.3 is 40.0 Å². The molecule has 8 atom stereocenters. The molecule has 3 fully saturated rings. The number of hydrogen-bond donors (Lipinski definition) is 4. The smallest absolute Gasteiger partial charge is 0.408 e. The standard InChI is InChI=1S/C42H61N6O8PS/c1-10-25(5)57(52,53)42(21-26(42)11-2)47-37(49)34-19-29(22-48(34)38(50)36(41(6,7)8)46-40(51)56-27-14-12-13-15-27)55-35-20-32(33-23-58-39(45-33)43-24(3)4)44-31-18-28(54-9)16-17-30(31)35/h11,16-18,20,24-27,29,33-34,36H,2,10,12-15,19,21-23H2,1,3-9H3,(H,43,45)(H,46,51)(H,47,49)(H,52,53)/t25?,26-,29-,33?,34+,36-,42+/m1/s1. The van der Waals surface area contributed by atoms with Crippen LogP contribution in [-0.2, 0) is 18.9 Å². The quantitative estimate of drug-likeness (QED) is 0.115. The van der Waals surface area contributed by atoms with Crippen LogP contribution in [0.1, 0.15) is 105 Å². The van der Waals surface area contributed by atoms with E-state index in [-0.39, 0.29) is 37.6 Å². The predicted octanol–water partition coefficient (Wildman–Crippen LogP) is 6.90. The SMILES string of the molecule is C=C[C@@H]1C[C@]1(NC(=O)[C@@H]1C[C@@H](Oc2cc(C3CSC(NC(C)C)=N3)nc3cc(OC)ccc23)CN1C(=O)[C@@H](NC(=O)OC1CCCC1)C(C)(C)C)P(=O)(O)C(C)CC. The van der Waals surface area contributed by atoms with Gasteiger partial charge in [0.25, 0.3) is 0 Å². The van der Waals surface area contributed by atoms with Crippen LogP contribution in [0.15, 0.2) is 41.9 Å². The number of nitrogens with one attached hydrogen (secondary N) is 3. The van der Waals surface area contributed by atoms with Crippen LogP contribution >= 0.6 is 19.1 Å². The van der Waals surface area contributed by atoms with Gasteiger partial charge in [0.15, 0.2) is 5.17 Å². The second kappa shape index (κ2) is 17.4. The Bertz CT molecular complexity index is 1970. The first-order valence-corrected chi connectivity index (χ1v) is 23.3. The van der Waals surface area contributed by atoms with Gasteiger partial charge in [-0.15, -0.1) is 6.58 Å². The monoisotopic (exact) mass is 840 g/mol. The summed E-state index contributed by atoms with van der Waals surface area (Å²) in [5, 5.41) is 9.36. The summed E-state index contributed by atoms with van der Waals surface area (Å²) in [5.74, 6) is 0.387. The highest BCUT2D eigenvalue weighted by molar-refractivity contribution is 8.14. The average Bonchev–Trinajstić information content (AvgIpc) is 3.58. The first-order chi connectivity index (χ1) is 27.4. The predicted molar refractivity (Wildman–Crippen MR) is 228 cm³/mol. The lowest BCUT2D eigenvalue weighted by atomic mass is 9.85. The summed E-state index contributed by atoms with van der Waals surface area (Å²) in [7, 11) is -2.35. The van der Waals surface area contributed by atoms with Crippen LogP contribution in [0.3, 0.4) is 0 Å². The zero-order valence-corrected chi connectivity index (χ0v) is 36.8. The highest BCUT2D eigenvalue weighted by Gasteiger charge is 2.67. The van der Waals surface area contributed by atoms with Crippen molar-refractivity contribution in [2.75, 3.05) is 19.4 Å². The van der Waals surface area contributed by atoms with Crippen molar-refractivity contribution < 1.29 is 38.1 Å². The minimum atomic E-state index is -3.94. The maximum Gasteiger partial charge on any atom is 0.408 e. The van der Waals surface area contributed by atoms with Gasteiger partial charge in [0.2, 0.25) is 19.2 Å². The molecule has 6 rings (SSSR count). The topological polar surface area (TPSA) is 181 Å². The first kappa shape index (κ1) is 43.8. The molecule has 0 radical (unpaired) electrons. The average molecular weight is 841 g/mol. The molecule has 4 aliphatic rings. The second-order valence-corrected chi connectivity index (χ2v) is 21.5. The van der Waals surface area contributed by atoms with Crippen LogP contribution in [0.2, 0.25) is 0 Å². The van der Waals surface area contributed by atoms with Gasteiger partial charge in [-0.25, -0.2) is 4.79 Å². The Morgan fingerprint density at radius 1 is 1.16 bits per heavy atom. The van der Waals surface area contributed by atoms with E-state index in [2.05, 4.69) is 36.4 Å². The molecule has 2 saturated carbocycles. The van der Waals surface area contributed by atoms with Crippen LogP contribution in [0.4, 0.5) is 4.79 Å². The fraction of sp³-hybridized carbons (Fsp3) is 0.643. The van der Waals surface area contributed by atoms with E-state index in [1.165, 1.54) is 4.90 Å². The van der Waals surface area contributed by atoms with Crippen LogP contribution < -0.4 is 25.4 Å². The van der Waals surface area contributed by atoms with Crippen molar-refractivity contribution in [1.82, 2.24) is 25.8 Å². The van der Waals surface area contributed by atoms with Gasteiger partial charge >= 0.3 is 6.09 Å². The number of thioether (sulfide) groups is 1. The maximum absolute atomic E-state index is 14.8.